The minimum Gasteiger partial charge on any atom is -0.298 e. The first-order valence-corrected chi connectivity index (χ1v) is 6.65. The highest BCUT2D eigenvalue weighted by atomic mass is 32.1. The van der Waals surface area contributed by atoms with Crippen molar-refractivity contribution in [1.82, 2.24) is 10.2 Å². The van der Waals surface area contributed by atoms with E-state index < -0.39 is 5.91 Å². The molecule has 1 N–H and O–H groups in total. The van der Waals surface area contributed by atoms with E-state index in [0.29, 0.717) is 0 Å². The van der Waals surface area contributed by atoms with Gasteiger partial charge < -0.3 is 0 Å². The molecule has 104 valence electrons. The van der Waals surface area contributed by atoms with Crippen LogP contribution in [0, 0.1) is 20.8 Å². The number of thiocarbonyl (C=S) groups is 1. The lowest BCUT2D eigenvalue weighted by molar-refractivity contribution is -0.128. The Labute approximate surface area is 123 Å². The number of amides is 2. The Balaban J connectivity index is 2.53. The first-order chi connectivity index (χ1) is 9.31. The minimum absolute atomic E-state index is 0.108. The molecule has 0 radical (unpaired) electrons. The van der Waals surface area contributed by atoms with Gasteiger partial charge in [0.05, 0.1) is 0 Å². The van der Waals surface area contributed by atoms with Crippen molar-refractivity contribution in [1.29, 1.82) is 0 Å². The maximum absolute atomic E-state index is 12.1. The van der Waals surface area contributed by atoms with Crippen LogP contribution in [0.4, 0.5) is 0 Å². The minimum atomic E-state index is -0.447. The smallest absolute Gasteiger partial charge is 0.265 e. The van der Waals surface area contributed by atoms with Crippen molar-refractivity contribution in [2.45, 2.75) is 20.8 Å². The van der Waals surface area contributed by atoms with Crippen LogP contribution < -0.4 is 5.32 Å². The average molecular weight is 288 g/mol. The van der Waals surface area contributed by atoms with Gasteiger partial charge in [0, 0.05) is 7.05 Å². The highest BCUT2D eigenvalue weighted by Crippen LogP contribution is 2.21. The van der Waals surface area contributed by atoms with Crippen molar-refractivity contribution >= 4 is 35.2 Å². The monoisotopic (exact) mass is 288 g/mol. The fraction of sp³-hybridized carbons (Fsp3) is 0.267. The number of hydrogen-bond donors (Lipinski definition) is 1. The third-order valence-corrected chi connectivity index (χ3v) is 3.71. The second kappa shape index (κ2) is 5.17. The zero-order chi connectivity index (χ0) is 15.0. The Morgan fingerprint density at radius 3 is 2.25 bits per heavy atom. The number of carbonyl (C=O) groups is 2. The molecule has 2 rings (SSSR count). The van der Waals surface area contributed by atoms with E-state index in [0.717, 1.165) is 22.3 Å². The lowest BCUT2D eigenvalue weighted by Gasteiger charge is -2.25. The summed E-state index contributed by atoms with van der Waals surface area (Å²) >= 11 is 4.91. The molecule has 1 fully saturated rings. The molecular weight excluding hydrogens is 272 g/mol. The van der Waals surface area contributed by atoms with Crippen LogP contribution in [0.1, 0.15) is 22.3 Å². The summed E-state index contributed by atoms with van der Waals surface area (Å²) in [6, 6.07) is 4.05. The molecule has 0 aromatic heterocycles. The summed E-state index contributed by atoms with van der Waals surface area (Å²) in [5, 5.41) is 2.64. The molecule has 0 bridgehead atoms. The number of nitrogens with one attached hydrogen (secondary N) is 1. The predicted octanol–water partition coefficient (Wildman–Crippen LogP) is 1.87. The number of rotatable bonds is 1. The summed E-state index contributed by atoms with van der Waals surface area (Å²) in [6.45, 7) is 5.94. The van der Waals surface area contributed by atoms with Gasteiger partial charge in [-0.3, -0.25) is 19.8 Å². The lowest BCUT2D eigenvalue weighted by Crippen LogP contribution is -2.52. The summed E-state index contributed by atoms with van der Waals surface area (Å²) in [5.74, 6) is -0.824. The van der Waals surface area contributed by atoms with E-state index in [9.17, 15) is 9.59 Å². The highest BCUT2D eigenvalue weighted by Gasteiger charge is 2.30. The second-order valence-corrected chi connectivity index (χ2v) is 5.38. The molecule has 1 aromatic rings. The van der Waals surface area contributed by atoms with E-state index in [1.807, 2.05) is 32.9 Å². The van der Waals surface area contributed by atoms with Crippen LogP contribution in [0.25, 0.3) is 6.08 Å². The molecule has 0 spiro atoms. The summed E-state index contributed by atoms with van der Waals surface area (Å²) in [4.78, 5) is 25.4. The maximum atomic E-state index is 12.1. The normalized spacial score (nSPS) is 17.7. The number of nitrogens with zero attached hydrogens (tertiary/aromatic N) is 1. The van der Waals surface area contributed by atoms with Crippen LogP contribution >= 0.6 is 12.2 Å². The summed E-state index contributed by atoms with van der Waals surface area (Å²) < 4.78 is 0. The van der Waals surface area contributed by atoms with Crippen molar-refractivity contribution in [3.63, 3.8) is 0 Å². The zero-order valence-electron chi connectivity index (χ0n) is 11.9. The molecule has 4 nitrogen and oxygen atoms in total. The van der Waals surface area contributed by atoms with Crippen LogP contribution in [0.15, 0.2) is 17.7 Å². The van der Waals surface area contributed by atoms with Gasteiger partial charge in [0.2, 0.25) is 0 Å². The zero-order valence-corrected chi connectivity index (χ0v) is 12.7. The standard InChI is InChI=1S/C15H16N2O2S/c1-8-5-9(2)11(10(3)6-8)7-12-13(18)16-15(20)17(4)14(12)19/h5-7H,1-4H3,(H,16,18,20)/b12-7+. The molecular formula is C15H16N2O2S. The molecule has 1 aliphatic heterocycles. The number of benzene rings is 1. The Hall–Kier alpha value is -2.01. The fourth-order valence-electron chi connectivity index (χ4n) is 2.31. The Morgan fingerprint density at radius 2 is 1.70 bits per heavy atom. The Kier molecular flexibility index (Phi) is 3.72. The van der Waals surface area contributed by atoms with Gasteiger partial charge in [-0.2, -0.15) is 0 Å². The van der Waals surface area contributed by atoms with Gasteiger partial charge in [-0.05, 0) is 55.8 Å². The van der Waals surface area contributed by atoms with Gasteiger partial charge in [0.25, 0.3) is 11.8 Å². The van der Waals surface area contributed by atoms with Gasteiger partial charge in [-0.1, -0.05) is 17.7 Å². The van der Waals surface area contributed by atoms with Crippen LogP contribution in [0.5, 0.6) is 0 Å². The molecule has 5 heteroatoms. The molecule has 20 heavy (non-hydrogen) atoms. The lowest BCUT2D eigenvalue weighted by atomic mass is 9.97. The van der Waals surface area contributed by atoms with Crippen LogP contribution in [-0.2, 0) is 9.59 Å². The van der Waals surface area contributed by atoms with E-state index >= 15 is 0 Å². The average Bonchev–Trinajstić information content (AvgIpc) is 2.34. The van der Waals surface area contributed by atoms with Gasteiger partial charge >= 0.3 is 0 Å². The number of aryl methyl sites for hydroxylation is 3. The molecule has 0 aliphatic carbocycles. The van der Waals surface area contributed by atoms with Crippen molar-refractivity contribution in [3.05, 3.63) is 40.0 Å². The second-order valence-electron chi connectivity index (χ2n) is 4.99. The Morgan fingerprint density at radius 1 is 1.15 bits per heavy atom. The number of likely N-dealkylation sites (N-methyl/N-ethyl adjacent to an activating group) is 1. The van der Waals surface area contributed by atoms with Crippen molar-refractivity contribution in [2.24, 2.45) is 0 Å². The summed E-state index contributed by atoms with van der Waals surface area (Å²) in [6.07, 6.45) is 1.64. The number of carbonyl (C=O) groups excluding carboxylic acids is 2. The third kappa shape index (κ3) is 2.49. The quantitative estimate of drug-likeness (QED) is 0.487. The van der Waals surface area contributed by atoms with Crippen LogP contribution in [-0.4, -0.2) is 28.9 Å². The Bertz CT molecular complexity index is 639. The molecule has 2 amide bonds. The van der Waals surface area contributed by atoms with Gasteiger partial charge in [-0.15, -0.1) is 0 Å². The fourth-order valence-corrected chi connectivity index (χ4v) is 2.48. The van der Waals surface area contributed by atoms with Gasteiger partial charge in [-0.25, -0.2) is 0 Å². The largest absolute Gasteiger partial charge is 0.298 e. The van der Waals surface area contributed by atoms with E-state index in [1.165, 1.54) is 4.90 Å². The molecule has 1 aromatic carbocycles. The van der Waals surface area contributed by atoms with Gasteiger partial charge in [0.15, 0.2) is 5.11 Å². The number of hydrogen-bond acceptors (Lipinski definition) is 3. The first-order valence-electron chi connectivity index (χ1n) is 6.24. The molecule has 1 heterocycles. The van der Waals surface area contributed by atoms with E-state index in [-0.39, 0.29) is 16.6 Å². The maximum Gasteiger partial charge on any atom is 0.265 e. The molecule has 1 saturated heterocycles. The highest BCUT2D eigenvalue weighted by molar-refractivity contribution is 7.80. The van der Waals surface area contributed by atoms with Crippen molar-refractivity contribution in [2.75, 3.05) is 7.05 Å². The molecule has 0 atom stereocenters. The van der Waals surface area contributed by atoms with E-state index in [2.05, 4.69) is 5.32 Å². The molecule has 1 aliphatic rings. The van der Waals surface area contributed by atoms with Crippen molar-refractivity contribution in [3.8, 4) is 0 Å². The first kappa shape index (κ1) is 14.4. The topological polar surface area (TPSA) is 49.4 Å². The molecule has 0 saturated carbocycles. The SMILES string of the molecule is Cc1cc(C)c(/C=C2\C(=O)NC(=S)N(C)C2=O)c(C)c1. The summed E-state index contributed by atoms with van der Waals surface area (Å²) in [7, 11) is 1.55. The van der Waals surface area contributed by atoms with E-state index in [4.69, 9.17) is 12.2 Å². The summed E-state index contributed by atoms with van der Waals surface area (Å²) in [5.41, 5.74) is 4.23. The van der Waals surface area contributed by atoms with E-state index in [1.54, 1.807) is 13.1 Å². The van der Waals surface area contributed by atoms with Crippen LogP contribution in [0.3, 0.4) is 0 Å². The predicted molar refractivity (Wildman–Crippen MR) is 82.1 cm³/mol. The van der Waals surface area contributed by atoms with Crippen molar-refractivity contribution < 1.29 is 9.59 Å². The third-order valence-electron chi connectivity index (χ3n) is 3.33. The van der Waals surface area contributed by atoms with Crippen LogP contribution in [0.2, 0.25) is 0 Å². The van der Waals surface area contributed by atoms with Gasteiger partial charge in [0.1, 0.15) is 5.57 Å². The molecule has 0 unspecified atom stereocenters.